The number of anilines is 3. The Kier molecular flexibility index (Phi) is 9.31. The van der Waals surface area contributed by atoms with Crippen molar-refractivity contribution in [3.63, 3.8) is 0 Å². The number of aromatic nitrogens is 1. The van der Waals surface area contributed by atoms with E-state index in [0.717, 1.165) is 60.2 Å². The van der Waals surface area contributed by atoms with Crippen LogP contribution in [0.5, 0.6) is 0 Å². The second-order valence-corrected chi connectivity index (χ2v) is 17.2. The molecular weight excluding hydrogens is 845 g/mol. The molecule has 0 aliphatic heterocycles. The van der Waals surface area contributed by atoms with E-state index in [1.807, 2.05) is 0 Å². The maximum atomic E-state index is 6.39. The van der Waals surface area contributed by atoms with Crippen LogP contribution in [0.25, 0.3) is 93.9 Å². The first-order valence-corrected chi connectivity index (χ1v) is 22.4. The molecule has 0 saturated carbocycles. The lowest BCUT2D eigenvalue weighted by Crippen LogP contribution is -2.09. The van der Waals surface area contributed by atoms with Crippen molar-refractivity contribution in [3.8, 4) is 50.2 Å². The average Bonchev–Trinajstić information content (AvgIpc) is 3.90. The van der Waals surface area contributed by atoms with Gasteiger partial charge in [-0.2, -0.15) is 0 Å². The third-order valence-electron chi connectivity index (χ3n) is 12.5. The van der Waals surface area contributed by atoms with Crippen LogP contribution >= 0.6 is 15.9 Å². The van der Waals surface area contributed by atoms with Gasteiger partial charge in [0.15, 0.2) is 0 Å². The van der Waals surface area contributed by atoms with Gasteiger partial charge in [-0.25, -0.2) is 0 Å². The third kappa shape index (κ3) is 6.76. The highest BCUT2D eigenvalue weighted by Crippen LogP contribution is 2.40. The topological polar surface area (TPSA) is 21.3 Å². The summed E-state index contributed by atoms with van der Waals surface area (Å²) in [5.41, 5.74) is 18.0. The van der Waals surface area contributed by atoms with Crippen LogP contribution < -0.4 is 4.90 Å². The van der Waals surface area contributed by atoms with Crippen molar-refractivity contribution < 1.29 is 4.42 Å². The van der Waals surface area contributed by atoms with Gasteiger partial charge in [-0.1, -0.05) is 149 Å². The zero-order valence-electron chi connectivity index (χ0n) is 34.7. The zero-order valence-corrected chi connectivity index (χ0v) is 36.3. The average molecular weight is 884 g/mol. The Morgan fingerprint density at radius 1 is 0.312 bits per heavy atom. The molecule has 0 amide bonds. The monoisotopic (exact) mass is 882 g/mol. The maximum Gasteiger partial charge on any atom is 0.135 e. The highest BCUT2D eigenvalue weighted by Gasteiger charge is 2.16. The Balaban J connectivity index is 0.838. The van der Waals surface area contributed by atoms with E-state index in [4.69, 9.17) is 4.42 Å². The van der Waals surface area contributed by atoms with E-state index in [1.54, 1.807) is 0 Å². The smallest absolute Gasteiger partial charge is 0.135 e. The number of benzene rings is 10. The van der Waals surface area contributed by atoms with Gasteiger partial charge in [0.2, 0.25) is 0 Å². The summed E-state index contributed by atoms with van der Waals surface area (Å²) in [6.07, 6.45) is 0. The van der Waals surface area contributed by atoms with Crippen molar-refractivity contribution in [1.82, 2.24) is 4.57 Å². The molecule has 10 aromatic carbocycles. The Bertz CT molecular complexity index is 3630. The third-order valence-corrected chi connectivity index (χ3v) is 13.0. The van der Waals surface area contributed by atoms with Crippen LogP contribution in [0.1, 0.15) is 0 Å². The molecule has 0 spiro atoms. The summed E-state index contributed by atoms with van der Waals surface area (Å²) in [7, 11) is 0. The van der Waals surface area contributed by atoms with Gasteiger partial charge >= 0.3 is 0 Å². The molecule has 0 aliphatic carbocycles. The van der Waals surface area contributed by atoms with Crippen LogP contribution in [0.2, 0.25) is 0 Å². The van der Waals surface area contributed by atoms with Crippen LogP contribution in [-0.4, -0.2) is 4.57 Å². The van der Waals surface area contributed by atoms with Crippen molar-refractivity contribution in [2.24, 2.45) is 0 Å². The Morgan fingerprint density at radius 3 is 1.27 bits per heavy atom. The Labute approximate surface area is 379 Å². The number of rotatable bonds is 8. The lowest BCUT2D eigenvalue weighted by Gasteiger charge is -2.26. The van der Waals surface area contributed by atoms with Gasteiger partial charge in [-0.15, -0.1) is 0 Å². The minimum atomic E-state index is 0.883. The standard InChI is InChI=1S/C60H39BrN2O/c61-48-28-19-40(20-29-48)41-21-30-51(31-22-41)62(49-9-3-1-4-10-49)52-32-23-44(24-33-52)47-27-36-60-56(39-47)55-38-46(26-35-59(55)64-60)43-17-15-42(16-18-43)45-25-34-58-54(37-45)53-13-7-8-14-57(53)63(58)50-11-5-2-6-12-50/h1-39H. The van der Waals surface area contributed by atoms with Gasteiger partial charge in [0.1, 0.15) is 11.2 Å². The first-order valence-electron chi connectivity index (χ1n) is 21.6. The summed E-state index contributed by atoms with van der Waals surface area (Å²) in [6, 6.07) is 84.8. The van der Waals surface area contributed by atoms with E-state index in [9.17, 15) is 0 Å². The van der Waals surface area contributed by atoms with Gasteiger partial charge in [0, 0.05) is 48.8 Å². The van der Waals surface area contributed by atoms with Crippen molar-refractivity contribution in [2.45, 2.75) is 0 Å². The Morgan fingerprint density at radius 2 is 0.703 bits per heavy atom. The molecule has 0 fully saturated rings. The Hall–Kier alpha value is -7.92. The molecule has 2 heterocycles. The highest BCUT2D eigenvalue weighted by atomic mass is 79.9. The maximum absolute atomic E-state index is 6.39. The molecule has 0 aliphatic rings. The van der Waals surface area contributed by atoms with Gasteiger partial charge in [-0.05, 0) is 148 Å². The fraction of sp³-hybridized carbons (Fsp3) is 0. The number of furan rings is 1. The minimum Gasteiger partial charge on any atom is -0.456 e. The number of nitrogens with zero attached hydrogens (tertiary/aromatic N) is 2. The first-order chi connectivity index (χ1) is 31.6. The second-order valence-electron chi connectivity index (χ2n) is 16.3. The number of halogens is 1. The summed E-state index contributed by atoms with van der Waals surface area (Å²) >= 11 is 3.56. The van der Waals surface area contributed by atoms with Crippen LogP contribution in [-0.2, 0) is 0 Å². The largest absolute Gasteiger partial charge is 0.456 e. The van der Waals surface area contributed by atoms with Crippen LogP contribution in [0, 0.1) is 0 Å². The molecule has 0 bridgehead atoms. The number of hydrogen-bond acceptors (Lipinski definition) is 2. The van der Waals surface area contributed by atoms with Gasteiger partial charge in [0.05, 0.1) is 11.0 Å². The van der Waals surface area contributed by atoms with E-state index >= 15 is 0 Å². The molecule has 0 N–H and O–H groups in total. The van der Waals surface area contributed by atoms with E-state index in [0.29, 0.717) is 0 Å². The molecule has 302 valence electrons. The van der Waals surface area contributed by atoms with E-state index in [-0.39, 0.29) is 0 Å². The van der Waals surface area contributed by atoms with Crippen LogP contribution in [0.4, 0.5) is 17.1 Å². The molecule has 0 saturated heterocycles. The predicted molar refractivity (Wildman–Crippen MR) is 272 cm³/mol. The fourth-order valence-corrected chi connectivity index (χ4v) is 9.54. The lowest BCUT2D eigenvalue weighted by molar-refractivity contribution is 0.669. The summed E-state index contributed by atoms with van der Waals surface area (Å²) < 4.78 is 9.82. The summed E-state index contributed by atoms with van der Waals surface area (Å²) in [5.74, 6) is 0. The second kappa shape index (κ2) is 15.8. The number of hydrogen-bond donors (Lipinski definition) is 0. The molecule has 12 rings (SSSR count). The van der Waals surface area contributed by atoms with E-state index in [1.165, 1.54) is 55.3 Å². The zero-order chi connectivity index (χ0) is 42.6. The predicted octanol–water partition coefficient (Wildman–Crippen LogP) is 17.6. The van der Waals surface area contributed by atoms with Crippen molar-refractivity contribution in [3.05, 3.63) is 241 Å². The van der Waals surface area contributed by atoms with Crippen molar-refractivity contribution in [1.29, 1.82) is 0 Å². The van der Waals surface area contributed by atoms with Gasteiger partial charge in [0.25, 0.3) is 0 Å². The van der Waals surface area contributed by atoms with Crippen molar-refractivity contribution >= 4 is 76.7 Å². The summed E-state index contributed by atoms with van der Waals surface area (Å²) in [6.45, 7) is 0. The lowest BCUT2D eigenvalue weighted by atomic mass is 9.97. The number of fused-ring (bicyclic) bond motifs is 6. The van der Waals surface area contributed by atoms with E-state index < -0.39 is 0 Å². The van der Waals surface area contributed by atoms with Crippen LogP contribution in [0.15, 0.2) is 245 Å². The molecule has 12 aromatic rings. The van der Waals surface area contributed by atoms with Gasteiger partial charge < -0.3 is 13.9 Å². The van der Waals surface area contributed by atoms with Crippen molar-refractivity contribution in [2.75, 3.05) is 4.90 Å². The normalized spacial score (nSPS) is 11.5. The quantitative estimate of drug-likeness (QED) is 0.152. The molecule has 4 heteroatoms. The van der Waals surface area contributed by atoms with Gasteiger partial charge in [-0.3, -0.25) is 0 Å². The molecule has 64 heavy (non-hydrogen) atoms. The SMILES string of the molecule is Brc1ccc(-c2ccc(N(c3ccccc3)c3ccc(-c4ccc5oc6ccc(-c7ccc(-c8ccc9c(c8)c8ccccc8n9-c8ccccc8)cc7)cc6c5c4)cc3)cc2)cc1. The fourth-order valence-electron chi connectivity index (χ4n) is 9.27. The molecule has 0 atom stereocenters. The minimum absolute atomic E-state index is 0.883. The molecular formula is C60H39BrN2O. The van der Waals surface area contributed by atoms with E-state index in [2.05, 4.69) is 262 Å². The molecule has 3 nitrogen and oxygen atoms in total. The molecule has 0 radical (unpaired) electrons. The molecule has 2 aromatic heterocycles. The summed E-state index contributed by atoms with van der Waals surface area (Å²) in [5, 5.41) is 4.72. The van der Waals surface area contributed by atoms with Crippen LogP contribution in [0.3, 0.4) is 0 Å². The summed E-state index contributed by atoms with van der Waals surface area (Å²) in [4.78, 5) is 2.31. The number of para-hydroxylation sites is 3. The highest BCUT2D eigenvalue weighted by molar-refractivity contribution is 9.10. The first kappa shape index (κ1) is 37.8. The molecule has 0 unspecified atom stereocenters.